The molecule has 0 amide bonds. The molecule has 1 rings (SSSR count). The van der Waals surface area contributed by atoms with E-state index in [4.69, 9.17) is 0 Å². The van der Waals surface area contributed by atoms with Gasteiger partial charge >= 0.3 is 0 Å². The topological polar surface area (TPSA) is 0 Å². The number of rotatable bonds is 3. The van der Waals surface area contributed by atoms with Crippen LogP contribution in [0.1, 0.15) is 35.7 Å². The third-order valence-corrected chi connectivity index (χ3v) is 3.61. The van der Waals surface area contributed by atoms with Gasteiger partial charge in [0.1, 0.15) is 0 Å². The van der Waals surface area contributed by atoms with Gasteiger partial charge in [-0.15, -0.1) is 0 Å². The van der Waals surface area contributed by atoms with Crippen molar-refractivity contribution in [2.24, 2.45) is 0 Å². The van der Waals surface area contributed by atoms with E-state index < -0.39 is 0 Å². The molecule has 0 aliphatic heterocycles. The highest BCUT2D eigenvalue weighted by Crippen LogP contribution is 2.17. The smallest absolute Gasteiger partial charge is 0.0670 e. The van der Waals surface area contributed by atoms with Gasteiger partial charge in [-0.25, -0.2) is 0 Å². The van der Waals surface area contributed by atoms with E-state index in [1.165, 1.54) is 40.3 Å². The summed E-state index contributed by atoms with van der Waals surface area (Å²) in [6.45, 7) is 4.41. The average molecular weight is 176 g/mol. The van der Waals surface area contributed by atoms with Gasteiger partial charge in [0.05, 0.1) is 0 Å². The van der Waals surface area contributed by atoms with Crippen molar-refractivity contribution in [2.45, 2.75) is 31.5 Å². The van der Waals surface area contributed by atoms with Crippen molar-refractivity contribution in [2.75, 3.05) is 0 Å². The summed E-state index contributed by atoms with van der Waals surface area (Å²) in [4.78, 5) is 0. The van der Waals surface area contributed by atoms with Gasteiger partial charge in [0.25, 0.3) is 0 Å². The molecule has 64 valence electrons. The Morgan fingerprint density at radius 1 is 1.25 bits per heavy atom. The molecule has 0 radical (unpaired) electrons. The van der Waals surface area contributed by atoms with Crippen LogP contribution in [0.25, 0.3) is 0 Å². The van der Waals surface area contributed by atoms with Crippen LogP contribution in [0.4, 0.5) is 0 Å². The second-order valence-electron chi connectivity index (χ2n) is 3.60. The molecule has 0 spiro atoms. The van der Waals surface area contributed by atoms with Crippen molar-refractivity contribution >= 4 is 16.3 Å². The van der Waals surface area contributed by atoms with Crippen LogP contribution < -0.4 is 0 Å². The predicted octanol–water partition coefficient (Wildman–Crippen LogP) is 2.47. The second-order valence-corrected chi connectivity index (χ2v) is 4.99. The molecule has 0 bridgehead atoms. The zero-order chi connectivity index (χ0) is 8.97. The Morgan fingerprint density at radius 3 is 2.33 bits per heavy atom. The van der Waals surface area contributed by atoms with Crippen molar-refractivity contribution < 1.29 is 0 Å². The van der Waals surface area contributed by atoms with E-state index >= 15 is 0 Å². The Labute approximate surface area is 83.4 Å². The van der Waals surface area contributed by atoms with Crippen molar-refractivity contribution in [3.8, 4) is 0 Å². The van der Waals surface area contributed by atoms with Gasteiger partial charge in [0, 0.05) is 0 Å². The van der Waals surface area contributed by atoms with Gasteiger partial charge in [-0.05, 0) is 6.92 Å². The summed E-state index contributed by atoms with van der Waals surface area (Å²) < 4.78 is 0.857. The summed E-state index contributed by atoms with van der Waals surface area (Å²) in [6, 6.07) is 9.00. The third kappa shape index (κ3) is 2.66. The molecule has 1 aromatic carbocycles. The van der Waals surface area contributed by atoms with Crippen molar-refractivity contribution in [1.82, 2.24) is 0 Å². The molecular weight excluding hydrogens is 159 g/mol. The predicted molar refractivity (Wildman–Crippen MR) is 57.4 cm³/mol. The minimum Gasteiger partial charge on any atom is -0.0670 e. The molecule has 1 atom stereocenters. The Hall–Kier alpha value is -0.248. The summed E-state index contributed by atoms with van der Waals surface area (Å²) >= 11 is 1.28. The van der Waals surface area contributed by atoms with Crippen LogP contribution in [0.15, 0.2) is 24.3 Å². The third-order valence-electron chi connectivity index (χ3n) is 2.37. The first-order chi connectivity index (χ1) is 5.74. The van der Waals surface area contributed by atoms with Crippen LogP contribution in [0.3, 0.4) is 0 Å². The monoisotopic (exact) mass is 176 g/mol. The van der Waals surface area contributed by atoms with Crippen LogP contribution in [-0.4, -0.2) is 16.3 Å². The molecule has 0 aromatic heterocycles. The van der Waals surface area contributed by atoms with E-state index in [2.05, 4.69) is 38.1 Å². The Kier molecular flexibility index (Phi) is 3.85. The molecule has 1 heteroatoms. The molecule has 12 heavy (non-hydrogen) atoms. The summed E-state index contributed by atoms with van der Waals surface area (Å²) in [5, 5.41) is 0. The SMILES string of the molecule is CCC[CH]([AlH2])c1ccc(C)cc1. The number of hydrogen-bond acceptors (Lipinski definition) is 0. The maximum atomic E-state index is 2.28. The van der Waals surface area contributed by atoms with Gasteiger partial charge in [-0.2, -0.15) is 0 Å². The first-order valence-electron chi connectivity index (χ1n) is 4.80. The Balaban J connectivity index is 2.68. The summed E-state index contributed by atoms with van der Waals surface area (Å²) in [7, 11) is 0. The molecule has 1 aromatic rings. The fourth-order valence-electron chi connectivity index (χ4n) is 1.49. The van der Waals surface area contributed by atoms with E-state index in [0.717, 1.165) is 4.78 Å². The molecule has 0 N–H and O–H groups in total. The molecule has 0 heterocycles. The standard InChI is InChI=1S/C11H15.Al.2H/c1-3-4-5-11-8-6-10(2)7-9-11;;;/h5-9H,3-4H2,1-2H3;;;. The molecule has 0 saturated carbocycles. The number of aryl methyl sites for hydroxylation is 1. The summed E-state index contributed by atoms with van der Waals surface area (Å²) in [5.74, 6) is 0. The van der Waals surface area contributed by atoms with Crippen LogP contribution in [0.2, 0.25) is 0 Å². The molecule has 0 saturated heterocycles. The van der Waals surface area contributed by atoms with E-state index in [1.807, 2.05) is 0 Å². The maximum absolute atomic E-state index is 2.28. The van der Waals surface area contributed by atoms with Crippen LogP contribution in [0, 0.1) is 6.92 Å². The van der Waals surface area contributed by atoms with Crippen molar-refractivity contribution in [3.63, 3.8) is 0 Å². The quantitative estimate of drug-likeness (QED) is 0.621. The molecular formula is C11H17Al. The zero-order valence-electron chi connectivity index (χ0n) is 8.30. The zero-order valence-corrected chi connectivity index (χ0v) is 10.3. The van der Waals surface area contributed by atoms with Gasteiger partial charge < -0.3 is 0 Å². The van der Waals surface area contributed by atoms with Gasteiger partial charge in [-0.1, -0.05) is 59.9 Å². The van der Waals surface area contributed by atoms with Crippen LogP contribution in [-0.2, 0) is 0 Å². The lowest BCUT2D eigenvalue weighted by atomic mass is 10.1. The normalized spacial score (nSPS) is 12.8. The first-order valence-corrected chi connectivity index (χ1v) is 5.96. The lowest BCUT2D eigenvalue weighted by Gasteiger charge is -2.10. The maximum Gasteiger partial charge on any atom is 0.223 e. The second kappa shape index (κ2) is 4.70. The highest BCUT2D eigenvalue weighted by molar-refractivity contribution is 6.12. The lowest BCUT2D eigenvalue weighted by Crippen LogP contribution is -1.96. The highest BCUT2D eigenvalue weighted by atomic mass is 27.0. The fraction of sp³-hybridized carbons (Fsp3) is 0.455. The lowest BCUT2D eigenvalue weighted by molar-refractivity contribution is 0.769. The Bertz CT molecular complexity index is 225. The van der Waals surface area contributed by atoms with E-state index in [0.29, 0.717) is 0 Å². The minimum atomic E-state index is 0.857. The molecule has 0 aliphatic rings. The summed E-state index contributed by atoms with van der Waals surface area (Å²) in [5.41, 5.74) is 2.90. The van der Waals surface area contributed by atoms with E-state index in [9.17, 15) is 0 Å². The molecule has 0 nitrogen and oxygen atoms in total. The van der Waals surface area contributed by atoms with Crippen LogP contribution in [0.5, 0.6) is 0 Å². The fourth-order valence-corrected chi connectivity index (χ4v) is 2.46. The van der Waals surface area contributed by atoms with Crippen molar-refractivity contribution in [1.29, 1.82) is 0 Å². The number of benzene rings is 1. The van der Waals surface area contributed by atoms with Gasteiger partial charge in [0.2, 0.25) is 16.3 Å². The van der Waals surface area contributed by atoms with Crippen LogP contribution >= 0.6 is 0 Å². The Morgan fingerprint density at radius 2 is 1.83 bits per heavy atom. The van der Waals surface area contributed by atoms with E-state index in [1.54, 1.807) is 0 Å². The average Bonchev–Trinajstić information content (AvgIpc) is 2.06. The number of hydrogen-bond donors (Lipinski definition) is 0. The van der Waals surface area contributed by atoms with Gasteiger partial charge in [-0.3, -0.25) is 0 Å². The molecule has 1 unspecified atom stereocenters. The largest absolute Gasteiger partial charge is 0.223 e. The van der Waals surface area contributed by atoms with Crippen molar-refractivity contribution in [3.05, 3.63) is 35.4 Å². The van der Waals surface area contributed by atoms with E-state index in [-0.39, 0.29) is 0 Å². The highest BCUT2D eigenvalue weighted by Gasteiger charge is 2.02. The molecule has 0 fully saturated rings. The molecule has 0 aliphatic carbocycles. The summed E-state index contributed by atoms with van der Waals surface area (Å²) in [6.07, 6.45) is 2.66. The first kappa shape index (κ1) is 9.84. The minimum absolute atomic E-state index is 0.857. The van der Waals surface area contributed by atoms with Gasteiger partial charge in [0.15, 0.2) is 0 Å².